The van der Waals surface area contributed by atoms with Gasteiger partial charge in [0.05, 0.1) is 0 Å². The predicted molar refractivity (Wildman–Crippen MR) is 41.9 cm³/mol. The Kier molecular flexibility index (Phi) is 1.66. The molecule has 1 aliphatic rings. The standard InChI is InChI=1S/C8H13NO2/c1-8(2)3-5(10)7(9)6(11)4-8/h10H,3-4,9H2,1-2H3. The fourth-order valence-electron chi connectivity index (χ4n) is 1.30. The Balaban J connectivity index is 2.94. The molecule has 0 amide bonds. The molecule has 0 aromatic carbocycles. The van der Waals surface area contributed by atoms with Crippen LogP contribution in [0.2, 0.25) is 0 Å². The van der Waals surface area contributed by atoms with Gasteiger partial charge in [-0.3, -0.25) is 4.79 Å². The number of ketones is 1. The molecular formula is C8H13NO2. The number of nitrogens with two attached hydrogens (primary N) is 1. The highest BCUT2D eigenvalue weighted by Gasteiger charge is 2.31. The van der Waals surface area contributed by atoms with Crippen LogP contribution in [0.1, 0.15) is 26.7 Å². The number of rotatable bonds is 0. The fourth-order valence-corrected chi connectivity index (χ4v) is 1.30. The average Bonchev–Trinajstić information content (AvgIpc) is 1.81. The molecule has 11 heavy (non-hydrogen) atoms. The van der Waals surface area contributed by atoms with Gasteiger partial charge in [-0.05, 0) is 5.41 Å². The summed E-state index contributed by atoms with van der Waals surface area (Å²) in [6, 6.07) is 0. The van der Waals surface area contributed by atoms with Gasteiger partial charge in [-0.25, -0.2) is 0 Å². The Labute approximate surface area is 65.9 Å². The van der Waals surface area contributed by atoms with Crippen molar-refractivity contribution in [3.8, 4) is 0 Å². The zero-order valence-electron chi connectivity index (χ0n) is 6.85. The number of allylic oxidation sites excluding steroid dienone is 2. The van der Waals surface area contributed by atoms with E-state index >= 15 is 0 Å². The Bertz CT molecular complexity index is 228. The summed E-state index contributed by atoms with van der Waals surface area (Å²) in [6.45, 7) is 3.88. The Hall–Kier alpha value is -0.990. The maximum Gasteiger partial charge on any atom is 0.182 e. The van der Waals surface area contributed by atoms with Crippen LogP contribution in [0.3, 0.4) is 0 Å². The maximum absolute atomic E-state index is 11.1. The van der Waals surface area contributed by atoms with Gasteiger partial charge >= 0.3 is 0 Å². The fraction of sp³-hybridized carbons (Fsp3) is 0.625. The van der Waals surface area contributed by atoms with Gasteiger partial charge in [0.15, 0.2) is 5.78 Å². The van der Waals surface area contributed by atoms with Gasteiger partial charge in [-0.1, -0.05) is 13.8 Å². The van der Waals surface area contributed by atoms with Crippen molar-refractivity contribution < 1.29 is 9.90 Å². The van der Waals surface area contributed by atoms with Crippen molar-refractivity contribution in [3.05, 3.63) is 11.5 Å². The zero-order chi connectivity index (χ0) is 8.65. The lowest BCUT2D eigenvalue weighted by molar-refractivity contribution is -0.118. The van der Waals surface area contributed by atoms with Crippen molar-refractivity contribution >= 4 is 5.78 Å². The van der Waals surface area contributed by atoms with Crippen LogP contribution in [-0.4, -0.2) is 10.9 Å². The van der Waals surface area contributed by atoms with Gasteiger partial charge in [-0.15, -0.1) is 0 Å². The molecule has 0 aliphatic heterocycles. The molecule has 0 fully saturated rings. The molecule has 1 aliphatic carbocycles. The molecule has 0 unspecified atom stereocenters. The number of carbonyl (C=O) groups excluding carboxylic acids is 1. The second kappa shape index (κ2) is 2.26. The first-order chi connectivity index (χ1) is 4.92. The summed E-state index contributed by atoms with van der Waals surface area (Å²) in [7, 11) is 0. The normalized spacial score (nSPS) is 24.0. The van der Waals surface area contributed by atoms with E-state index < -0.39 is 0 Å². The number of hydrogen-bond donors (Lipinski definition) is 2. The van der Waals surface area contributed by atoms with E-state index in [9.17, 15) is 9.90 Å². The van der Waals surface area contributed by atoms with E-state index in [4.69, 9.17) is 5.73 Å². The first-order valence-electron chi connectivity index (χ1n) is 3.63. The third kappa shape index (κ3) is 1.53. The van der Waals surface area contributed by atoms with Crippen molar-refractivity contribution in [2.75, 3.05) is 0 Å². The molecule has 62 valence electrons. The molecule has 0 atom stereocenters. The van der Waals surface area contributed by atoms with Gasteiger partial charge in [0.1, 0.15) is 11.5 Å². The highest BCUT2D eigenvalue weighted by atomic mass is 16.3. The van der Waals surface area contributed by atoms with E-state index in [1.54, 1.807) is 0 Å². The monoisotopic (exact) mass is 155 g/mol. The third-order valence-corrected chi connectivity index (χ3v) is 1.90. The highest BCUT2D eigenvalue weighted by Crippen LogP contribution is 2.33. The van der Waals surface area contributed by atoms with Crippen LogP contribution in [-0.2, 0) is 4.79 Å². The molecular weight excluding hydrogens is 142 g/mol. The minimum atomic E-state index is -0.140. The summed E-state index contributed by atoms with van der Waals surface area (Å²) in [5, 5.41) is 9.22. The van der Waals surface area contributed by atoms with E-state index in [-0.39, 0.29) is 22.7 Å². The first-order valence-corrected chi connectivity index (χ1v) is 3.63. The van der Waals surface area contributed by atoms with Crippen LogP contribution >= 0.6 is 0 Å². The van der Waals surface area contributed by atoms with E-state index in [1.807, 2.05) is 13.8 Å². The second-order valence-electron chi connectivity index (χ2n) is 3.80. The van der Waals surface area contributed by atoms with E-state index in [0.29, 0.717) is 12.8 Å². The zero-order valence-corrected chi connectivity index (χ0v) is 6.85. The average molecular weight is 155 g/mol. The van der Waals surface area contributed by atoms with Gasteiger partial charge < -0.3 is 10.8 Å². The van der Waals surface area contributed by atoms with Crippen molar-refractivity contribution in [2.45, 2.75) is 26.7 Å². The molecule has 3 heteroatoms. The van der Waals surface area contributed by atoms with E-state index in [1.165, 1.54) is 0 Å². The van der Waals surface area contributed by atoms with Crippen molar-refractivity contribution in [2.24, 2.45) is 11.1 Å². The Morgan fingerprint density at radius 3 is 2.45 bits per heavy atom. The summed E-state index contributed by atoms with van der Waals surface area (Å²) in [6.07, 6.45) is 0.938. The minimum Gasteiger partial charge on any atom is -0.510 e. The molecule has 0 saturated carbocycles. The summed E-state index contributed by atoms with van der Waals surface area (Å²) < 4.78 is 0. The van der Waals surface area contributed by atoms with Crippen LogP contribution in [0, 0.1) is 5.41 Å². The van der Waals surface area contributed by atoms with Crippen molar-refractivity contribution in [1.82, 2.24) is 0 Å². The van der Waals surface area contributed by atoms with Crippen molar-refractivity contribution in [1.29, 1.82) is 0 Å². The summed E-state index contributed by atoms with van der Waals surface area (Å²) in [4.78, 5) is 11.1. The highest BCUT2D eigenvalue weighted by molar-refractivity contribution is 5.96. The maximum atomic E-state index is 11.1. The lowest BCUT2D eigenvalue weighted by Gasteiger charge is -2.27. The van der Waals surface area contributed by atoms with Crippen LogP contribution in [0.5, 0.6) is 0 Å². The summed E-state index contributed by atoms with van der Waals surface area (Å²) in [5.74, 6) is -0.0926. The van der Waals surface area contributed by atoms with Crippen LogP contribution < -0.4 is 5.73 Å². The van der Waals surface area contributed by atoms with Gasteiger partial charge in [0.2, 0.25) is 0 Å². The van der Waals surface area contributed by atoms with Crippen LogP contribution in [0.4, 0.5) is 0 Å². The minimum absolute atomic E-state index is 0.0457. The lowest BCUT2D eigenvalue weighted by Crippen LogP contribution is -2.29. The van der Waals surface area contributed by atoms with Gasteiger partial charge in [0, 0.05) is 12.8 Å². The lowest BCUT2D eigenvalue weighted by atomic mass is 9.78. The molecule has 0 bridgehead atoms. The van der Waals surface area contributed by atoms with E-state index in [2.05, 4.69) is 0 Å². The second-order valence-corrected chi connectivity index (χ2v) is 3.80. The number of hydrogen-bond acceptors (Lipinski definition) is 3. The number of carbonyl (C=O) groups is 1. The number of aliphatic hydroxyl groups excluding tert-OH is 1. The Morgan fingerprint density at radius 2 is 2.00 bits per heavy atom. The molecule has 1 rings (SSSR count). The molecule has 3 nitrogen and oxygen atoms in total. The van der Waals surface area contributed by atoms with Gasteiger partial charge in [-0.2, -0.15) is 0 Å². The van der Waals surface area contributed by atoms with Crippen LogP contribution in [0.25, 0.3) is 0 Å². The molecule has 0 heterocycles. The SMILES string of the molecule is CC1(C)CC(=O)C(N)=C(O)C1. The van der Waals surface area contributed by atoms with E-state index in [0.717, 1.165) is 0 Å². The summed E-state index contributed by atoms with van der Waals surface area (Å²) in [5.41, 5.74) is 5.23. The molecule has 0 aromatic heterocycles. The smallest absolute Gasteiger partial charge is 0.182 e. The number of Topliss-reactive ketones (excluding diaryl/α,β-unsaturated/α-hetero) is 1. The first kappa shape index (κ1) is 8.11. The third-order valence-electron chi connectivity index (χ3n) is 1.90. The quantitative estimate of drug-likeness (QED) is 0.550. The molecule has 0 saturated heterocycles. The predicted octanol–water partition coefficient (Wildman–Crippen LogP) is 1.10. The van der Waals surface area contributed by atoms with Crippen molar-refractivity contribution in [3.63, 3.8) is 0 Å². The number of aliphatic hydroxyl groups is 1. The largest absolute Gasteiger partial charge is 0.510 e. The molecule has 0 spiro atoms. The molecule has 0 radical (unpaired) electrons. The Morgan fingerprint density at radius 1 is 1.45 bits per heavy atom. The topological polar surface area (TPSA) is 63.3 Å². The van der Waals surface area contributed by atoms with Gasteiger partial charge in [0.25, 0.3) is 0 Å². The van der Waals surface area contributed by atoms with Crippen LogP contribution in [0.15, 0.2) is 11.5 Å². The molecule has 0 aromatic rings. The summed E-state index contributed by atoms with van der Waals surface area (Å²) >= 11 is 0. The molecule has 3 N–H and O–H groups in total.